The number of rotatable bonds is 2. The van der Waals surface area contributed by atoms with Crippen LogP contribution in [-0.4, -0.2) is 6.61 Å². The van der Waals surface area contributed by atoms with Crippen molar-refractivity contribution in [1.29, 1.82) is 0 Å². The minimum absolute atomic E-state index is 0.0469. The van der Waals surface area contributed by atoms with E-state index in [1.54, 1.807) is 12.1 Å². The summed E-state index contributed by atoms with van der Waals surface area (Å²) >= 11 is 0. The normalized spacial score (nSPS) is 19.9. The fourth-order valence-corrected chi connectivity index (χ4v) is 1.80. The van der Waals surface area contributed by atoms with Gasteiger partial charge in [0.1, 0.15) is 5.75 Å². The first-order chi connectivity index (χ1) is 6.66. The highest BCUT2D eigenvalue weighted by molar-refractivity contribution is 5.40. The van der Waals surface area contributed by atoms with Crippen molar-refractivity contribution in [3.63, 3.8) is 0 Å². The van der Waals surface area contributed by atoms with Gasteiger partial charge in [0.05, 0.1) is 0 Å². The minimum atomic E-state index is -2.76. The van der Waals surface area contributed by atoms with Crippen LogP contribution in [0, 0.1) is 0 Å². The van der Waals surface area contributed by atoms with Gasteiger partial charge in [-0.25, -0.2) is 0 Å². The van der Waals surface area contributed by atoms with Gasteiger partial charge >= 0.3 is 6.61 Å². The zero-order valence-corrected chi connectivity index (χ0v) is 7.54. The highest BCUT2D eigenvalue weighted by Crippen LogP contribution is 2.32. The molecule has 1 aliphatic rings. The maximum atomic E-state index is 11.9. The van der Waals surface area contributed by atoms with Crippen molar-refractivity contribution in [2.45, 2.75) is 25.5 Å². The van der Waals surface area contributed by atoms with E-state index in [9.17, 15) is 8.78 Å². The minimum Gasteiger partial charge on any atom is -0.435 e. The average Bonchev–Trinajstić information content (AvgIpc) is 2.46. The Hall–Kier alpha value is -1.16. The molecule has 2 nitrogen and oxygen atoms in total. The van der Waals surface area contributed by atoms with Gasteiger partial charge in [-0.1, -0.05) is 6.07 Å². The molecule has 0 aliphatic heterocycles. The van der Waals surface area contributed by atoms with Crippen LogP contribution in [0.4, 0.5) is 8.78 Å². The fourth-order valence-electron chi connectivity index (χ4n) is 1.80. The molecule has 1 aromatic rings. The lowest BCUT2D eigenvalue weighted by molar-refractivity contribution is -0.0498. The molecular formula is C10H11F2NO. The van der Waals surface area contributed by atoms with E-state index >= 15 is 0 Å². The van der Waals surface area contributed by atoms with Gasteiger partial charge in [0.2, 0.25) is 0 Å². The molecule has 2 N–H and O–H groups in total. The third-order valence-electron chi connectivity index (χ3n) is 2.46. The summed E-state index contributed by atoms with van der Waals surface area (Å²) in [4.78, 5) is 0. The average molecular weight is 199 g/mol. The lowest BCUT2D eigenvalue weighted by atomic mass is 10.1. The zero-order chi connectivity index (χ0) is 10.1. The van der Waals surface area contributed by atoms with Crippen LogP contribution in [-0.2, 0) is 6.42 Å². The van der Waals surface area contributed by atoms with Crippen molar-refractivity contribution in [2.75, 3.05) is 0 Å². The Bertz CT molecular complexity index is 341. The Morgan fingerprint density at radius 1 is 1.43 bits per heavy atom. The predicted octanol–water partition coefficient (Wildman–Crippen LogP) is 2.23. The van der Waals surface area contributed by atoms with Crippen molar-refractivity contribution in [3.05, 3.63) is 29.3 Å². The molecule has 0 bridgehead atoms. The van der Waals surface area contributed by atoms with E-state index < -0.39 is 6.61 Å². The predicted molar refractivity (Wildman–Crippen MR) is 48.3 cm³/mol. The van der Waals surface area contributed by atoms with Gasteiger partial charge in [-0.05, 0) is 36.1 Å². The van der Waals surface area contributed by atoms with Crippen molar-refractivity contribution < 1.29 is 13.5 Å². The number of halogens is 2. The second kappa shape index (κ2) is 3.53. The Morgan fingerprint density at radius 3 is 2.93 bits per heavy atom. The van der Waals surface area contributed by atoms with Crippen LogP contribution in [0.25, 0.3) is 0 Å². The molecule has 0 spiro atoms. The molecule has 0 fully saturated rings. The van der Waals surface area contributed by atoms with E-state index in [1.807, 2.05) is 0 Å². The van der Waals surface area contributed by atoms with Crippen molar-refractivity contribution in [1.82, 2.24) is 0 Å². The number of aryl methyl sites for hydroxylation is 1. The van der Waals surface area contributed by atoms with Gasteiger partial charge in [0.15, 0.2) is 0 Å². The summed E-state index contributed by atoms with van der Waals surface area (Å²) in [5.41, 5.74) is 7.88. The first-order valence-corrected chi connectivity index (χ1v) is 4.50. The van der Waals surface area contributed by atoms with Crippen LogP contribution in [0.15, 0.2) is 18.2 Å². The highest BCUT2D eigenvalue weighted by atomic mass is 19.3. The monoisotopic (exact) mass is 199 g/mol. The number of alkyl halides is 2. The summed E-state index contributed by atoms with van der Waals surface area (Å²) in [6, 6.07) is 5.00. The molecule has 0 amide bonds. The molecule has 1 aliphatic carbocycles. The summed E-state index contributed by atoms with van der Waals surface area (Å²) in [6.07, 6.45) is 1.73. The molecule has 1 unspecified atom stereocenters. The second-order valence-corrected chi connectivity index (χ2v) is 3.38. The molecule has 0 aromatic heterocycles. The number of hydrogen-bond donors (Lipinski definition) is 1. The third-order valence-corrected chi connectivity index (χ3v) is 2.46. The molecule has 0 saturated carbocycles. The number of nitrogens with two attached hydrogens (primary N) is 1. The van der Waals surface area contributed by atoms with E-state index in [1.165, 1.54) is 6.07 Å². The molecule has 2 rings (SSSR count). The number of hydrogen-bond acceptors (Lipinski definition) is 2. The number of ether oxygens (including phenoxy) is 1. The van der Waals surface area contributed by atoms with Crippen LogP contribution in [0.2, 0.25) is 0 Å². The Balaban J connectivity index is 2.24. The summed E-state index contributed by atoms with van der Waals surface area (Å²) in [5.74, 6) is 0.216. The third kappa shape index (κ3) is 1.70. The molecule has 0 heterocycles. The van der Waals surface area contributed by atoms with Crippen LogP contribution < -0.4 is 10.5 Å². The number of fused-ring (bicyclic) bond motifs is 1. The Kier molecular flexibility index (Phi) is 2.37. The molecule has 14 heavy (non-hydrogen) atoms. The molecule has 0 radical (unpaired) electrons. The number of benzene rings is 1. The maximum Gasteiger partial charge on any atom is 0.387 e. The Labute approximate surface area is 80.7 Å². The summed E-state index contributed by atoms with van der Waals surface area (Å²) in [6.45, 7) is -2.76. The SMILES string of the molecule is NC1CCc2cc(OC(F)F)ccc21. The fraction of sp³-hybridized carbons (Fsp3) is 0.400. The Morgan fingerprint density at radius 2 is 2.21 bits per heavy atom. The zero-order valence-electron chi connectivity index (χ0n) is 7.54. The van der Waals surface area contributed by atoms with Gasteiger partial charge in [-0.3, -0.25) is 0 Å². The van der Waals surface area contributed by atoms with Gasteiger partial charge in [0, 0.05) is 6.04 Å². The molecular weight excluding hydrogens is 188 g/mol. The van der Waals surface area contributed by atoms with Crippen LogP contribution in [0.1, 0.15) is 23.6 Å². The second-order valence-electron chi connectivity index (χ2n) is 3.38. The molecule has 76 valence electrons. The maximum absolute atomic E-state index is 11.9. The quantitative estimate of drug-likeness (QED) is 0.792. The largest absolute Gasteiger partial charge is 0.435 e. The highest BCUT2D eigenvalue weighted by Gasteiger charge is 2.19. The first kappa shape index (κ1) is 9.40. The standard InChI is InChI=1S/C10H11F2NO/c11-10(12)14-7-2-3-8-6(5-7)1-4-9(8)13/h2-3,5,9-10H,1,4,13H2. The molecule has 4 heteroatoms. The van der Waals surface area contributed by atoms with Crippen molar-refractivity contribution >= 4 is 0 Å². The topological polar surface area (TPSA) is 35.2 Å². The molecule has 0 saturated heterocycles. The summed E-state index contributed by atoms with van der Waals surface area (Å²) in [7, 11) is 0. The van der Waals surface area contributed by atoms with Crippen LogP contribution in [0.5, 0.6) is 5.75 Å². The summed E-state index contributed by atoms with van der Waals surface area (Å²) < 4.78 is 28.1. The van der Waals surface area contributed by atoms with E-state index in [-0.39, 0.29) is 11.8 Å². The smallest absolute Gasteiger partial charge is 0.387 e. The van der Waals surface area contributed by atoms with Crippen LogP contribution >= 0.6 is 0 Å². The van der Waals surface area contributed by atoms with Crippen molar-refractivity contribution in [3.8, 4) is 5.75 Å². The van der Waals surface area contributed by atoms with E-state index in [0.29, 0.717) is 0 Å². The van der Waals surface area contributed by atoms with Gasteiger partial charge in [-0.2, -0.15) is 8.78 Å². The van der Waals surface area contributed by atoms with Crippen LogP contribution in [0.3, 0.4) is 0 Å². The van der Waals surface area contributed by atoms with E-state index in [2.05, 4.69) is 4.74 Å². The first-order valence-electron chi connectivity index (χ1n) is 4.50. The van der Waals surface area contributed by atoms with Gasteiger partial charge in [0.25, 0.3) is 0 Å². The van der Waals surface area contributed by atoms with Gasteiger partial charge in [-0.15, -0.1) is 0 Å². The lowest BCUT2D eigenvalue weighted by Crippen LogP contribution is -2.05. The van der Waals surface area contributed by atoms with Gasteiger partial charge < -0.3 is 10.5 Å². The van der Waals surface area contributed by atoms with E-state index in [4.69, 9.17) is 5.73 Å². The lowest BCUT2D eigenvalue weighted by Gasteiger charge is -2.07. The molecule has 1 aromatic carbocycles. The summed E-state index contributed by atoms with van der Waals surface area (Å²) in [5, 5.41) is 0. The van der Waals surface area contributed by atoms with E-state index in [0.717, 1.165) is 24.0 Å². The molecule has 1 atom stereocenters. The van der Waals surface area contributed by atoms with Crippen molar-refractivity contribution in [2.24, 2.45) is 5.73 Å².